The molecule has 0 heterocycles. The lowest BCUT2D eigenvalue weighted by molar-refractivity contribution is 0.198. The van der Waals surface area contributed by atoms with Gasteiger partial charge in [0.25, 0.3) is 0 Å². The third-order valence-corrected chi connectivity index (χ3v) is 4.06. The Morgan fingerprint density at radius 1 is 1.33 bits per heavy atom. The maximum absolute atomic E-state index is 9.58. The van der Waals surface area contributed by atoms with Gasteiger partial charge in [-0.3, -0.25) is 5.32 Å². The Hall–Kier alpha value is -1.73. The van der Waals surface area contributed by atoms with Crippen LogP contribution in [0, 0.1) is 17.2 Å². The van der Waals surface area contributed by atoms with Gasteiger partial charge in [-0.2, -0.15) is 5.26 Å². The molecule has 2 rings (SSSR count). The lowest BCUT2D eigenvalue weighted by Gasteiger charge is -2.27. The summed E-state index contributed by atoms with van der Waals surface area (Å²) in [7, 11) is 1.64. The number of ether oxygens (including phenoxy) is 2. The lowest BCUT2D eigenvalue weighted by Crippen LogP contribution is -2.50. The maximum atomic E-state index is 9.58. The van der Waals surface area contributed by atoms with Crippen molar-refractivity contribution in [1.82, 2.24) is 5.32 Å². The summed E-state index contributed by atoms with van der Waals surface area (Å²) in [6.45, 7) is 5.24. The van der Waals surface area contributed by atoms with E-state index in [2.05, 4.69) is 18.3 Å². The standard InChI is InChI=1S/C17H24N2O2/c1-4-13-6-9-15(16(10-13)20-3)21-12-17(11-18,19-5-2)14-7-8-14/h6,9-10,14,19H,4-5,7-8,12H2,1-3H3. The molecule has 0 aromatic heterocycles. The molecular formula is C17H24N2O2. The number of hydrogen-bond acceptors (Lipinski definition) is 4. The molecule has 0 spiro atoms. The first kappa shape index (κ1) is 15.7. The van der Waals surface area contributed by atoms with Crippen LogP contribution in [-0.2, 0) is 6.42 Å². The van der Waals surface area contributed by atoms with Crippen LogP contribution in [-0.4, -0.2) is 25.8 Å². The Labute approximate surface area is 127 Å². The molecule has 1 N–H and O–H groups in total. The van der Waals surface area contributed by atoms with Gasteiger partial charge in [-0.25, -0.2) is 0 Å². The van der Waals surface area contributed by atoms with Crippen LogP contribution < -0.4 is 14.8 Å². The Morgan fingerprint density at radius 3 is 2.62 bits per heavy atom. The number of nitrogens with one attached hydrogen (secondary N) is 1. The van der Waals surface area contributed by atoms with Crippen molar-refractivity contribution in [2.45, 2.75) is 38.6 Å². The second-order valence-electron chi connectivity index (χ2n) is 5.52. The number of aryl methyl sites for hydroxylation is 1. The fourth-order valence-electron chi connectivity index (χ4n) is 2.61. The number of likely N-dealkylation sites (N-methyl/N-ethyl adjacent to an activating group) is 1. The third-order valence-electron chi connectivity index (χ3n) is 4.06. The summed E-state index contributed by atoms with van der Waals surface area (Å²) in [5.74, 6) is 1.82. The van der Waals surface area contributed by atoms with Gasteiger partial charge in [-0.1, -0.05) is 19.9 Å². The van der Waals surface area contributed by atoms with E-state index in [0.29, 0.717) is 18.3 Å². The molecule has 4 nitrogen and oxygen atoms in total. The van der Waals surface area contributed by atoms with Crippen LogP contribution >= 0.6 is 0 Å². The maximum Gasteiger partial charge on any atom is 0.161 e. The van der Waals surface area contributed by atoms with Gasteiger partial charge in [0.2, 0.25) is 0 Å². The van der Waals surface area contributed by atoms with Gasteiger partial charge in [0.1, 0.15) is 12.1 Å². The lowest BCUT2D eigenvalue weighted by atomic mass is 9.96. The van der Waals surface area contributed by atoms with Crippen molar-refractivity contribution in [1.29, 1.82) is 5.26 Å². The SMILES string of the molecule is CCNC(C#N)(COc1ccc(CC)cc1OC)C1CC1. The highest BCUT2D eigenvalue weighted by Crippen LogP contribution is 2.40. The molecule has 0 aliphatic heterocycles. The van der Waals surface area contributed by atoms with Gasteiger partial charge in [0.15, 0.2) is 11.5 Å². The molecule has 1 unspecified atom stereocenters. The van der Waals surface area contributed by atoms with E-state index < -0.39 is 5.54 Å². The predicted octanol–water partition coefficient (Wildman–Crippen LogP) is 2.92. The van der Waals surface area contributed by atoms with E-state index in [-0.39, 0.29) is 0 Å². The Bertz CT molecular complexity index is 520. The summed E-state index contributed by atoms with van der Waals surface area (Å²) in [5.41, 5.74) is 0.628. The van der Waals surface area contributed by atoms with Crippen LogP contribution in [0.3, 0.4) is 0 Å². The Morgan fingerprint density at radius 2 is 2.10 bits per heavy atom. The molecule has 1 aliphatic rings. The summed E-state index contributed by atoms with van der Waals surface area (Å²) >= 11 is 0. The third kappa shape index (κ3) is 3.48. The zero-order valence-electron chi connectivity index (χ0n) is 13.1. The fourth-order valence-corrected chi connectivity index (χ4v) is 2.61. The molecule has 114 valence electrons. The van der Waals surface area contributed by atoms with Gasteiger partial charge in [0, 0.05) is 0 Å². The molecule has 0 saturated heterocycles. The normalized spacial score (nSPS) is 16.9. The topological polar surface area (TPSA) is 54.3 Å². The summed E-state index contributed by atoms with van der Waals surface area (Å²) in [5, 5.41) is 12.9. The number of rotatable bonds is 8. The van der Waals surface area contributed by atoms with E-state index in [9.17, 15) is 5.26 Å². The van der Waals surface area contributed by atoms with Gasteiger partial charge in [-0.05, 0) is 49.4 Å². The molecule has 1 aliphatic carbocycles. The Balaban J connectivity index is 2.12. The van der Waals surface area contributed by atoms with Gasteiger partial charge < -0.3 is 9.47 Å². The van der Waals surface area contributed by atoms with Crippen molar-refractivity contribution in [3.8, 4) is 17.6 Å². The van der Waals surface area contributed by atoms with Crippen molar-refractivity contribution < 1.29 is 9.47 Å². The van der Waals surface area contributed by atoms with Crippen molar-refractivity contribution in [2.75, 3.05) is 20.3 Å². The van der Waals surface area contributed by atoms with E-state index in [0.717, 1.165) is 31.6 Å². The zero-order chi connectivity index (χ0) is 15.3. The second-order valence-corrected chi connectivity index (χ2v) is 5.52. The molecule has 0 radical (unpaired) electrons. The van der Waals surface area contributed by atoms with Gasteiger partial charge in [-0.15, -0.1) is 0 Å². The quantitative estimate of drug-likeness (QED) is 0.799. The van der Waals surface area contributed by atoms with Crippen LogP contribution in [0.4, 0.5) is 0 Å². The number of nitriles is 1. The summed E-state index contributed by atoms with van der Waals surface area (Å²) in [6.07, 6.45) is 3.14. The number of hydrogen-bond donors (Lipinski definition) is 1. The average Bonchev–Trinajstić information content (AvgIpc) is 3.36. The zero-order valence-corrected chi connectivity index (χ0v) is 13.1. The molecule has 4 heteroatoms. The minimum Gasteiger partial charge on any atom is -0.493 e. The first-order chi connectivity index (χ1) is 10.2. The van der Waals surface area contributed by atoms with Crippen LogP contribution in [0.2, 0.25) is 0 Å². The van der Waals surface area contributed by atoms with Gasteiger partial charge >= 0.3 is 0 Å². The molecule has 1 aromatic rings. The number of benzene rings is 1. The molecule has 1 fully saturated rings. The monoisotopic (exact) mass is 288 g/mol. The number of methoxy groups -OCH3 is 1. The molecule has 1 saturated carbocycles. The van der Waals surface area contributed by atoms with Crippen LogP contribution in [0.1, 0.15) is 32.3 Å². The van der Waals surface area contributed by atoms with Crippen molar-refractivity contribution >= 4 is 0 Å². The van der Waals surface area contributed by atoms with Crippen LogP contribution in [0.5, 0.6) is 11.5 Å². The minimum atomic E-state index is -0.580. The van der Waals surface area contributed by atoms with Crippen molar-refractivity contribution in [2.24, 2.45) is 5.92 Å². The highest BCUT2D eigenvalue weighted by atomic mass is 16.5. The van der Waals surface area contributed by atoms with E-state index in [4.69, 9.17) is 9.47 Å². The molecule has 1 atom stereocenters. The average molecular weight is 288 g/mol. The minimum absolute atomic E-state index is 0.351. The molecule has 1 aromatic carbocycles. The van der Waals surface area contributed by atoms with E-state index >= 15 is 0 Å². The van der Waals surface area contributed by atoms with Crippen molar-refractivity contribution in [3.05, 3.63) is 23.8 Å². The van der Waals surface area contributed by atoms with Crippen LogP contribution in [0.15, 0.2) is 18.2 Å². The second kappa shape index (κ2) is 6.82. The van der Waals surface area contributed by atoms with Crippen LogP contribution in [0.25, 0.3) is 0 Å². The first-order valence-electron chi connectivity index (χ1n) is 7.65. The van der Waals surface area contributed by atoms with E-state index in [1.54, 1.807) is 7.11 Å². The summed E-state index contributed by atoms with van der Waals surface area (Å²) in [4.78, 5) is 0. The fraction of sp³-hybridized carbons (Fsp3) is 0.588. The first-order valence-corrected chi connectivity index (χ1v) is 7.65. The molecular weight excluding hydrogens is 264 g/mol. The number of nitrogens with zero attached hydrogens (tertiary/aromatic N) is 1. The van der Waals surface area contributed by atoms with E-state index in [1.165, 1.54) is 5.56 Å². The molecule has 0 amide bonds. The Kier molecular flexibility index (Phi) is 5.08. The summed E-state index contributed by atoms with van der Waals surface area (Å²) < 4.78 is 11.3. The van der Waals surface area contributed by atoms with E-state index in [1.807, 2.05) is 25.1 Å². The van der Waals surface area contributed by atoms with Crippen molar-refractivity contribution in [3.63, 3.8) is 0 Å². The smallest absolute Gasteiger partial charge is 0.161 e. The van der Waals surface area contributed by atoms with Gasteiger partial charge in [0.05, 0.1) is 13.2 Å². The molecule has 21 heavy (non-hydrogen) atoms. The highest BCUT2D eigenvalue weighted by molar-refractivity contribution is 5.43. The molecule has 0 bridgehead atoms. The summed E-state index contributed by atoms with van der Waals surface area (Å²) in [6, 6.07) is 8.39. The largest absolute Gasteiger partial charge is 0.493 e. The predicted molar refractivity (Wildman–Crippen MR) is 82.6 cm³/mol. The highest BCUT2D eigenvalue weighted by Gasteiger charge is 2.46.